The fourth-order valence-corrected chi connectivity index (χ4v) is 5.60. The number of rotatable bonds is 9. The lowest BCUT2D eigenvalue weighted by Gasteiger charge is -2.23. The highest BCUT2D eigenvalue weighted by Crippen LogP contribution is 2.46. The molecule has 1 aromatic heterocycles. The van der Waals surface area contributed by atoms with Gasteiger partial charge in [0.05, 0.1) is 49.8 Å². The zero-order valence-corrected chi connectivity index (χ0v) is 23.3. The molecule has 1 aliphatic heterocycles. The minimum atomic E-state index is -0.974. The van der Waals surface area contributed by atoms with E-state index in [2.05, 4.69) is 4.98 Å². The number of ether oxygens (including phenoxy) is 4. The molecular formula is C30H28N2O7S. The maximum atomic E-state index is 13.6. The third-order valence-corrected chi connectivity index (χ3v) is 7.58. The summed E-state index contributed by atoms with van der Waals surface area (Å²) < 4.78 is 22.6. The number of aliphatic hydroxyl groups excluding tert-OH is 1. The highest BCUT2D eigenvalue weighted by atomic mass is 32.1. The van der Waals surface area contributed by atoms with Crippen LogP contribution in [0.4, 0.5) is 5.13 Å². The van der Waals surface area contributed by atoms with Gasteiger partial charge < -0.3 is 24.1 Å². The lowest BCUT2D eigenvalue weighted by atomic mass is 9.95. The van der Waals surface area contributed by atoms with Crippen LogP contribution in [0.1, 0.15) is 30.5 Å². The van der Waals surface area contributed by atoms with Crippen molar-refractivity contribution in [3.05, 3.63) is 77.4 Å². The fraction of sp³-hybridized carbons (Fsp3) is 0.233. The quantitative estimate of drug-likeness (QED) is 0.157. The summed E-state index contributed by atoms with van der Waals surface area (Å²) in [6.07, 6.45) is 0.856. The molecule has 40 heavy (non-hydrogen) atoms. The number of thiazole rings is 1. The second-order valence-corrected chi connectivity index (χ2v) is 10.00. The standard InChI is InChI=1S/C30H28N2O7S/c1-5-14-39-19-9-6-17(7-10-19)27(33)25-26(18-8-13-22(37-3)23(15-18)38-4)32(29(35)28(25)34)30-31-21-12-11-20(36-2)16-24(21)40-30/h6-13,15-16,26,33H,5,14H2,1-4H3. The molecule has 1 aliphatic rings. The zero-order valence-electron chi connectivity index (χ0n) is 22.5. The summed E-state index contributed by atoms with van der Waals surface area (Å²) in [4.78, 5) is 33.1. The highest BCUT2D eigenvalue weighted by molar-refractivity contribution is 7.22. The van der Waals surface area contributed by atoms with E-state index in [1.807, 2.05) is 13.0 Å². The van der Waals surface area contributed by atoms with Crippen molar-refractivity contribution >= 4 is 44.1 Å². The predicted molar refractivity (Wildman–Crippen MR) is 153 cm³/mol. The molecule has 1 unspecified atom stereocenters. The molecule has 0 aliphatic carbocycles. The van der Waals surface area contributed by atoms with Crippen LogP contribution in [-0.2, 0) is 9.59 Å². The number of carbonyl (C=O) groups is 2. The van der Waals surface area contributed by atoms with Crippen molar-refractivity contribution in [3.8, 4) is 23.0 Å². The molecule has 9 nitrogen and oxygen atoms in total. The number of carbonyl (C=O) groups excluding carboxylic acids is 2. The number of benzene rings is 3. The van der Waals surface area contributed by atoms with Gasteiger partial charge in [0.25, 0.3) is 5.78 Å². The first kappa shape index (κ1) is 27.0. The van der Waals surface area contributed by atoms with Crippen LogP contribution in [0.25, 0.3) is 16.0 Å². The Morgan fingerprint density at radius 2 is 1.65 bits per heavy atom. The highest BCUT2D eigenvalue weighted by Gasteiger charge is 2.48. The van der Waals surface area contributed by atoms with Crippen LogP contribution < -0.4 is 23.8 Å². The summed E-state index contributed by atoms with van der Waals surface area (Å²) in [6, 6.07) is 16.3. The molecule has 1 saturated heterocycles. The van der Waals surface area contributed by atoms with Gasteiger partial charge in [-0.2, -0.15) is 0 Å². The number of ketones is 1. The van der Waals surface area contributed by atoms with E-state index >= 15 is 0 Å². The summed E-state index contributed by atoms with van der Waals surface area (Å²) in [7, 11) is 4.59. The van der Waals surface area contributed by atoms with Gasteiger partial charge in [0.2, 0.25) is 0 Å². The number of nitrogens with zero attached hydrogens (tertiary/aromatic N) is 2. The third-order valence-electron chi connectivity index (χ3n) is 6.56. The van der Waals surface area contributed by atoms with Crippen molar-refractivity contribution in [2.75, 3.05) is 32.8 Å². The molecule has 0 spiro atoms. The van der Waals surface area contributed by atoms with Gasteiger partial charge in [0.15, 0.2) is 16.6 Å². The molecule has 10 heteroatoms. The molecule has 1 amide bonds. The lowest BCUT2D eigenvalue weighted by molar-refractivity contribution is -0.132. The Bertz CT molecular complexity index is 1610. The number of aromatic nitrogens is 1. The van der Waals surface area contributed by atoms with E-state index < -0.39 is 17.7 Å². The third kappa shape index (κ3) is 4.82. The molecule has 1 fully saturated rings. The van der Waals surface area contributed by atoms with E-state index in [0.29, 0.717) is 51.4 Å². The van der Waals surface area contributed by atoms with Crippen LogP contribution >= 0.6 is 11.3 Å². The van der Waals surface area contributed by atoms with Crippen LogP contribution in [0.2, 0.25) is 0 Å². The first-order chi connectivity index (χ1) is 19.4. The van der Waals surface area contributed by atoms with Gasteiger partial charge in [0, 0.05) is 5.56 Å². The first-order valence-electron chi connectivity index (χ1n) is 12.6. The van der Waals surface area contributed by atoms with Crippen molar-refractivity contribution in [2.45, 2.75) is 19.4 Å². The van der Waals surface area contributed by atoms with Crippen molar-refractivity contribution < 1.29 is 33.6 Å². The van der Waals surface area contributed by atoms with Crippen LogP contribution in [0.3, 0.4) is 0 Å². The van der Waals surface area contributed by atoms with Gasteiger partial charge in [-0.1, -0.05) is 24.3 Å². The molecule has 2 heterocycles. The summed E-state index contributed by atoms with van der Waals surface area (Å²) in [5.74, 6) is 0.267. The maximum absolute atomic E-state index is 13.6. The zero-order chi connectivity index (χ0) is 28.4. The molecule has 0 radical (unpaired) electrons. The van der Waals surface area contributed by atoms with Gasteiger partial charge >= 0.3 is 5.91 Å². The second-order valence-electron chi connectivity index (χ2n) is 8.99. The minimum Gasteiger partial charge on any atom is -0.507 e. The van der Waals surface area contributed by atoms with Crippen LogP contribution in [0.15, 0.2) is 66.2 Å². The topological polar surface area (TPSA) is 107 Å². The number of anilines is 1. The normalized spacial score (nSPS) is 16.4. The first-order valence-corrected chi connectivity index (χ1v) is 13.4. The summed E-state index contributed by atoms with van der Waals surface area (Å²) in [6.45, 7) is 2.57. The maximum Gasteiger partial charge on any atom is 0.301 e. The molecule has 5 rings (SSSR count). The smallest absolute Gasteiger partial charge is 0.301 e. The van der Waals surface area contributed by atoms with Crippen LogP contribution in [0.5, 0.6) is 23.0 Å². The number of hydrogen-bond acceptors (Lipinski definition) is 9. The van der Waals surface area contributed by atoms with E-state index in [4.69, 9.17) is 18.9 Å². The Kier molecular flexibility index (Phi) is 7.61. The number of hydrogen-bond donors (Lipinski definition) is 1. The molecule has 1 N–H and O–H groups in total. The van der Waals surface area contributed by atoms with Gasteiger partial charge in [-0.15, -0.1) is 0 Å². The van der Waals surface area contributed by atoms with Crippen LogP contribution in [0, 0.1) is 0 Å². The molecular weight excluding hydrogens is 532 g/mol. The lowest BCUT2D eigenvalue weighted by Crippen LogP contribution is -2.29. The largest absolute Gasteiger partial charge is 0.507 e. The molecule has 206 valence electrons. The number of methoxy groups -OCH3 is 3. The van der Waals surface area contributed by atoms with Gasteiger partial charge in [-0.25, -0.2) is 4.98 Å². The fourth-order valence-electron chi connectivity index (χ4n) is 4.58. The van der Waals surface area contributed by atoms with Crippen molar-refractivity contribution in [1.29, 1.82) is 0 Å². The van der Waals surface area contributed by atoms with E-state index in [1.54, 1.807) is 61.7 Å². The Morgan fingerprint density at radius 1 is 0.925 bits per heavy atom. The van der Waals surface area contributed by atoms with E-state index in [0.717, 1.165) is 11.1 Å². The average molecular weight is 561 g/mol. The van der Waals surface area contributed by atoms with Gasteiger partial charge in [-0.05, 0) is 66.6 Å². The SMILES string of the molecule is CCCOc1ccc(C(O)=C2C(=O)C(=O)N(c3nc4ccc(OC)cc4s3)C2c2ccc(OC)c(OC)c2)cc1. The number of amides is 1. The molecule has 0 bridgehead atoms. The van der Waals surface area contributed by atoms with E-state index in [1.165, 1.54) is 30.5 Å². The summed E-state index contributed by atoms with van der Waals surface area (Å²) in [5, 5.41) is 11.8. The van der Waals surface area contributed by atoms with Crippen molar-refractivity contribution in [3.63, 3.8) is 0 Å². The average Bonchev–Trinajstić information content (AvgIpc) is 3.52. The summed E-state index contributed by atoms with van der Waals surface area (Å²) in [5.41, 5.74) is 1.51. The van der Waals surface area contributed by atoms with Crippen molar-refractivity contribution in [1.82, 2.24) is 4.98 Å². The molecule has 1 atom stereocenters. The van der Waals surface area contributed by atoms with Gasteiger partial charge in [0.1, 0.15) is 17.3 Å². The number of aliphatic hydroxyl groups is 1. The molecule has 0 saturated carbocycles. The second kappa shape index (κ2) is 11.3. The Morgan fingerprint density at radius 3 is 2.33 bits per heavy atom. The minimum absolute atomic E-state index is 0.0590. The van der Waals surface area contributed by atoms with E-state index in [9.17, 15) is 14.7 Å². The van der Waals surface area contributed by atoms with Crippen LogP contribution in [-0.4, -0.2) is 49.7 Å². The summed E-state index contributed by atoms with van der Waals surface area (Å²) >= 11 is 1.25. The Hall–Kier alpha value is -4.57. The van der Waals surface area contributed by atoms with E-state index in [-0.39, 0.29) is 11.3 Å². The Balaban J connectivity index is 1.68. The number of fused-ring (bicyclic) bond motifs is 1. The number of Topliss-reactive ketones (excluding diaryl/α,β-unsaturated/α-hetero) is 1. The molecule has 4 aromatic rings. The molecule has 3 aromatic carbocycles. The Labute approximate surface area is 235 Å². The van der Waals surface area contributed by atoms with Gasteiger partial charge in [-0.3, -0.25) is 14.5 Å². The monoisotopic (exact) mass is 560 g/mol. The van der Waals surface area contributed by atoms with Crippen molar-refractivity contribution in [2.24, 2.45) is 0 Å². The predicted octanol–water partition coefficient (Wildman–Crippen LogP) is 5.74.